The van der Waals surface area contributed by atoms with Crippen molar-refractivity contribution in [3.8, 4) is 6.07 Å². The van der Waals surface area contributed by atoms with Crippen LogP contribution in [0.5, 0.6) is 0 Å². The number of piperidine rings is 1. The number of anilines is 2. The van der Waals surface area contributed by atoms with Gasteiger partial charge < -0.3 is 19.5 Å². The lowest BCUT2D eigenvalue weighted by atomic mass is 9.96. The van der Waals surface area contributed by atoms with Gasteiger partial charge in [-0.1, -0.05) is 0 Å². The Morgan fingerprint density at radius 2 is 1.69 bits per heavy atom. The van der Waals surface area contributed by atoms with E-state index in [0.29, 0.717) is 11.5 Å². The Morgan fingerprint density at radius 1 is 1.00 bits per heavy atom. The number of nitrogens with zero attached hydrogens (tertiary/aromatic N) is 6. The Balaban J connectivity index is 1.32. The first-order valence-electron chi connectivity index (χ1n) is 10.1. The molecule has 8 nitrogen and oxygen atoms in total. The number of aromatic nitrogens is 4. The van der Waals surface area contributed by atoms with Gasteiger partial charge >= 0.3 is 0 Å². The van der Waals surface area contributed by atoms with E-state index in [0.717, 1.165) is 80.7 Å². The van der Waals surface area contributed by atoms with E-state index < -0.39 is 0 Å². The van der Waals surface area contributed by atoms with Crippen LogP contribution >= 0.6 is 0 Å². The van der Waals surface area contributed by atoms with Crippen molar-refractivity contribution in [1.29, 1.82) is 5.26 Å². The van der Waals surface area contributed by atoms with Crippen LogP contribution in [-0.2, 0) is 4.74 Å². The highest BCUT2D eigenvalue weighted by molar-refractivity contribution is 5.76. The highest BCUT2D eigenvalue weighted by atomic mass is 16.5. The summed E-state index contributed by atoms with van der Waals surface area (Å²) in [7, 11) is 0. The van der Waals surface area contributed by atoms with Crippen molar-refractivity contribution in [2.45, 2.75) is 18.8 Å². The molecule has 2 fully saturated rings. The van der Waals surface area contributed by atoms with E-state index >= 15 is 0 Å². The number of fused-ring (bicyclic) bond motifs is 1. The highest BCUT2D eigenvalue weighted by Gasteiger charge is 2.27. The van der Waals surface area contributed by atoms with E-state index in [1.54, 1.807) is 12.4 Å². The molecule has 3 aromatic rings. The number of H-pyrrole nitrogens is 1. The number of hydrogen-bond acceptors (Lipinski definition) is 7. The maximum absolute atomic E-state index is 9.09. The van der Waals surface area contributed by atoms with Crippen LogP contribution in [0.15, 0.2) is 30.6 Å². The molecule has 29 heavy (non-hydrogen) atoms. The van der Waals surface area contributed by atoms with E-state index in [9.17, 15) is 0 Å². The van der Waals surface area contributed by atoms with Gasteiger partial charge in [0.1, 0.15) is 5.82 Å². The number of ether oxygens (including phenoxy) is 1. The summed E-state index contributed by atoms with van der Waals surface area (Å²) in [5, 5.41) is 9.09. The molecule has 0 atom stereocenters. The number of hydrogen-bond donors (Lipinski definition) is 1. The molecule has 8 heteroatoms. The van der Waals surface area contributed by atoms with Gasteiger partial charge in [-0.15, -0.1) is 0 Å². The molecule has 0 aliphatic carbocycles. The Kier molecular flexibility index (Phi) is 4.74. The molecule has 1 N–H and O–H groups in total. The molecule has 0 radical (unpaired) electrons. The second-order valence-corrected chi connectivity index (χ2v) is 7.53. The molecular formula is C21H23N7O. The molecule has 148 valence electrons. The standard InChI is InChI=1S/C21H23N7O/c22-14-15-1-2-17-18(13-15)26-19(25-17)16-3-7-27(8-4-16)20-21(24-6-5-23-20)28-9-11-29-12-10-28/h1-2,5-6,13,16H,3-4,7-12H2,(H,25,26). The zero-order valence-corrected chi connectivity index (χ0v) is 16.2. The number of imidazole rings is 1. The maximum Gasteiger partial charge on any atom is 0.172 e. The normalized spacial score (nSPS) is 18.2. The van der Waals surface area contributed by atoms with Gasteiger partial charge in [0, 0.05) is 44.5 Å². The number of benzene rings is 1. The molecular weight excluding hydrogens is 366 g/mol. The SMILES string of the molecule is N#Cc1ccc2[nH]c(C3CCN(c4nccnc4N4CCOCC4)CC3)nc2c1. The summed E-state index contributed by atoms with van der Waals surface area (Å²) in [5.74, 6) is 3.33. The zero-order valence-electron chi connectivity index (χ0n) is 16.2. The van der Waals surface area contributed by atoms with Crippen LogP contribution in [0.1, 0.15) is 30.1 Å². The minimum atomic E-state index is 0.382. The van der Waals surface area contributed by atoms with Crippen LogP contribution in [0, 0.1) is 11.3 Å². The number of nitriles is 1. The minimum Gasteiger partial charge on any atom is -0.378 e. The summed E-state index contributed by atoms with van der Waals surface area (Å²) >= 11 is 0. The van der Waals surface area contributed by atoms with E-state index in [-0.39, 0.29) is 0 Å². The lowest BCUT2D eigenvalue weighted by molar-refractivity contribution is 0.122. The van der Waals surface area contributed by atoms with Gasteiger partial charge in [0.25, 0.3) is 0 Å². The number of nitrogens with one attached hydrogen (secondary N) is 1. The van der Waals surface area contributed by atoms with Crippen molar-refractivity contribution < 1.29 is 4.74 Å². The van der Waals surface area contributed by atoms with Crippen LogP contribution in [0.25, 0.3) is 11.0 Å². The van der Waals surface area contributed by atoms with E-state index in [4.69, 9.17) is 15.0 Å². The largest absolute Gasteiger partial charge is 0.378 e. The van der Waals surface area contributed by atoms with Crippen LogP contribution < -0.4 is 9.80 Å². The van der Waals surface area contributed by atoms with Gasteiger partial charge in [0.15, 0.2) is 11.6 Å². The Labute approximate surface area is 169 Å². The van der Waals surface area contributed by atoms with E-state index in [1.807, 2.05) is 18.2 Å². The third-order valence-electron chi connectivity index (χ3n) is 5.78. The third-order valence-corrected chi connectivity index (χ3v) is 5.78. The summed E-state index contributed by atoms with van der Waals surface area (Å²) < 4.78 is 5.48. The molecule has 5 rings (SSSR count). The van der Waals surface area contributed by atoms with Crippen molar-refractivity contribution >= 4 is 22.7 Å². The first-order chi connectivity index (χ1) is 14.3. The van der Waals surface area contributed by atoms with Crippen LogP contribution in [0.3, 0.4) is 0 Å². The molecule has 2 aromatic heterocycles. The molecule has 0 unspecified atom stereocenters. The Hall–Kier alpha value is -3.18. The summed E-state index contributed by atoms with van der Waals surface area (Å²) in [6, 6.07) is 7.79. The average Bonchev–Trinajstić information content (AvgIpc) is 3.23. The maximum atomic E-state index is 9.09. The van der Waals surface area contributed by atoms with Crippen molar-refractivity contribution in [3.63, 3.8) is 0 Å². The fourth-order valence-corrected chi connectivity index (χ4v) is 4.20. The summed E-state index contributed by atoms with van der Waals surface area (Å²) in [6.07, 6.45) is 5.55. The fourth-order valence-electron chi connectivity index (χ4n) is 4.20. The average molecular weight is 389 g/mol. The predicted octanol–water partition coefficient (Wildman–Crippen LogP) is 2.45. The molecule has 2 aliphatic heterocycles. The van der Waals surface area contributed by atoms with Gasteiger partial charge in [-0.25, -0.2) is 15.0 Å². The second kappa shape index (κ2) is 7.68. The quantitative estimate of drug-likeness (QED) is 0.735. The van der Waals surface area contributed by atoms with Crippen molar-refractivity contribution in [2.24, 2.45) is 0 Å². The number of aromatic amines is 1. The smallest absolute Gasteiger partial charge is 0.172 e. The third kappa shape index (κ3) is 3.49. The molecule has 0 amide bonds. The first-order valence-corrected chi connectivity index (χ1v) is 10.1. The minimum absolute atomic E-state index is 0.382. The van der Waals surface area contributed by atoms with Gasteiger partial charge in [0.2, 0.25) is 0 Å². The molecule has 0 saturated carbocycles. The van der Waals surface area contributed by atoms with Gasteiger partial charge in [-0.05, 0) is 31.0 Å². The Morgan fingerprint density at radius 3 is 2.38 bits per heavy atom. The number of morpholine rings is 1. The van der Waals surface area contributed by atoms with Gasteiger partial charge in [-0.3, -0.25) is 0 Å². The van der Waals surface area contributed by atoms with Crippen molar-refractivity contribution in [3.05, 3.63) is 42.0 Å². The monoisotopic (exact) mass is 389 g/mol. The summed E-state index contributed by atoms with van der Waals surface area (Å²) in [6.45, 7) is 5.01. The molecule has 0 spiro atoms. The highest BCUT2D eigenvalue weighted by Crippen LogP contribution is 2.33. The van der Waals surface area contributed by atoms with Gasteiger partial charge in [0.05, 0.1) is 35.9 Å². The molecule has 2 saturated heterocycles. The Bertz CT molecular complexity index is 1040. The first kappa shape index (κ1) is 17.9. The van der Waals surface area contributed by atoms with Crippen LogP contribution in [0.2, 0.25) is 0 Å². The lowest BCUT2D eigenvalue weighted by Gasteiger charge is -2.35. The zero-order chi connectivity index (χ0) is 19.6. The molecule has 0 bridgehead atoms. The van der Waals surface area contributed by atoms with E-state index in [1.165, 1.54) is 0 Å². The van der Waals surface area contributed by atoms with Gasteiger partial charge in [-0.2, -0.15) is 5.26 Å². The summed E-state index contributed by atoms with van der Waals surface area (Å²) in [5.41, 5.74) is 2.50. The van der Waals surface area contributed by atoms with Crippen molar-refractivity contribution in [1.82, 2.24) is 19.9 Å². The fraction of sp³-hybridized carbons (Fsp3) is 0.429. The predicted molar refractivity (Wildman–Crippen MR) is 110 cm³/mol. The molecule has 1 aromatic carbocycles. The molecule has 2 aliphatic rings. The lowest BCUT2D eigenvalue weighted by Crippen LogP contribution is -2.40. The van der Waals surface area contributed by atoms with Crippen LogP contribution in [0.4, 0.5) is 11.6 Å². The van der Waals surface area contributed by atoms with Crippen LogP contribution in [-0.4, -0.2) is 59.3 Å². The number of rotatable bonds is 3. The van der Waals surface area contributed by atoms with Crippen molar-refractivity contribution in [2.75, 3.05) is 49.2 Å². The second-order valence-electron chi connectivity index (χ2n) is 7.53. The summed E-state index contributed by atoms with van der Waals surface area (Å²) in [4.78, 5) is 22.1. The topological polar surface area (TPSA) is 94.0 Å². The molecule has 4 heterocycles. The van der Waals surface area contributed by atoms with E-state index in [2.05, 4.69) is 30.8 Å².